The van der Waals surface area contributed by atoms with Crippen LogP contribution in [-0.4, -0.2) is 23.5 Å². The second-order valence-electron chi connectivity index (χ2n) is 6.53. The first-order valence-corrected chi connectivity index (χ1v) is 6.86. The van der Waals surface area contributed by atoms with Gasteiger partial charge in [-0.15, -0.1) is 0 Å². The van der Waals surface area contributed by atoms with Crippen LogP contribution < -0.4 is 5.32 Å². The van der Waals surface area contributed by atoms with Gasteiger partial charge in [0.15, 0.2) is 0 Å². The van der Waals surface area contributed by atoms with E-state index in [0.717, 1.165) is 0 Å². The molecule has 2 aliphatic carbocycles. The highest BCUT2D eigenvalue weighted by atomic mass is 16.4. The zero-order valence-electron chi connectivity index (χ0n) is 11.4. The first-order chi connectivity index (χ1) is 8.35. The number of carbonyl (C=O) groups excluding carboxylic acids is 1. The number of hydrogen-bond acceptors (Lipinski definition) is 2. The lowest BCUT2D eigenvalue weighted by molar-refractivity contribution is -0.140. The standard InChI is InChI=1S/C14H23NO3/c1-8-5-4-6-9(8)7-15-12(16)10-11(13(17)18)14(10,2)3/h8-11H,4-7H2,1-3H3,(H,15,16)(H,17,18)/t8?,9?,10-,11+/m1/s1. The molecular weight excluding hydrogens is 230 g/mol. The lowest BCUT2D eigenvalue weighted by Gasteiger charge is -2.16. The number of carboxylic acid groups (broad SMARTS) is 1. The van der Waals surface area contributed by atoms with Crippen molar-refractivity contribution in [1.29, 1.82) is 0 Å². The summed E-state index contributed by atoms with van der Waals surface area (Å²) >= 11 is 0. The zero-order valence-corrected chi connectivity index (χ0v) is 11.4. The summed E-state index contributed by atoms with van der Waals surface area (Å²) in [7, 11) is 0. The predicted octanol–water partition coefficient (Wildman–Crippen LogP) is 1.90. The summed E-state index contributed by atoms with van der Waals surface area (Å²) in [6.45, 7) is 6.65. The fraction of sp³-hybridized carbons (Fsp3) is 0.857. The summed E-state index contributed by atoms with van der Waals surface area (Å²) in [6.07, 6.45) is 3.67. The Morgan fingerprint density at radius 2 is 1.94 bits per heavy atom. The molecule has 0 spiro atoms. The van der Waals surface area contributed by atoms with Gasteiger partial charge in [-0.2, -0.15) is 0 Å². The van der Waals surface area contributed by atoms with E-state index in [4.69, 9.17) is 5.11 Å². The summed E-state index contributed by atoms with van der Waals surface area (Å²) in [5.41, 5.74) is -0.392. The molecule has 2 rings (SSSR count). The van der Waals surface area contributed by atoms with Crippen LogP contribution in [0.15, 0.2) is 0 Å². The van der Waals surface area contributed by atoms with E-state index in [1.54, 1.807) is 0 Å². The number of carboxylic acids is 1. The third kappa shape index (κ3) is 2.25. The number of hydrogen-bond donors (Lipinski definition) is 2. The normalized spacial score (nSPS) is 37.3. The Kier molecular flexibility index (Phi) is 3.39. The average Bonchev–Trinajstić information content (AvgIpc) is 2.62. The fourth-order valence-corrected chi connectivity index (χ4v) is 3.46. The number of carbonyl (C=O) groups is 2. The van der Waals surface area contributed by atoms with E-state index in [1.807, 2.05) is 13.8 Å². The quantitative estimate of drug-likeness (QED) is 0.804. The Hall–Kier alpha value is -1.06. The van der Waals surface area contributed by atoms with Crippen molar-refractivity contribution in [2.75, 3.05) is 6.54 Å². The molecule has 2 saturated carbocycles. The van der Waals surface area contributed by atoms with E-state index in [9.17, 15) is 9.59 Å². The van der Waals surface area contributed by atoms with Crippen LogP contribution in [0.4, 0.5) is 0 Å². The van der Waals surface area contributed by atoms with Crippen LogP contribution in [-0.2, 0) is 9.59 Å². The number of nitrogens with one attached hydrogen (secondary N) is 1. The van der Waals surface area contributed by atoms with Gasteiger partial charge in [0.1, 0.15) is 0 Å². The van der Waals surface area contributed by atoms with Crippen molar-refractivity contribution < 1.29 is 14.7 Å². The second-order valence-corrected chi connectivity index (χ2v) is 6.53. The molecule has 0 saturated heterocycles. The SMILES string of the molecule is CC1CCCC1CNC(=O)[C@H]1[C@@H](C(=O)O)C1(C)C. The van der Waals surface area contributed by atoms with Crippen molar-refractivity contribution in [3.8, 4) is 0 Å². The van der Waals surface area contributed by atoms with Crippen molar-refractivity contribution in [2.24, 2.45) is 29.1 Å². The topological polar surface area (TPSA) is 66.4 Å². The van der Waals surface area contributed by atoms with Gasteiger partial charge < -0.3 is 10.4 Å². The molecule has 0 aromatic rings. The van der Waals surface area contributed by atoms with E-state index >= 15 is 0 Å². The maximum absolute atomic E-state index is 12.0. The van der Waals surface area contributed by atoms with Gasteiger partial charge in [-0.1, -0.05) is 33.6 Å². The third-order valence-electron chi connectivity index (χ3n) is 4.95. The van der Waals surface area contributed by atoms with Crippen LogP contribution in [0.2, 0.25) is 0 Å². The van der Waals surface area contributed by atoms with Crippen LogP contribution in [0, 0.1) is 29.1 Å². The van der Waals surface area contributed by atoms with Gasteiger partial charge in [-0.25, -0.2) is 0 Å². The Morgan fingerprint density at radius 3 is 2.39 bits per heavy atom. The molecule has 0 aromatic heterocycles. The first-order valence-electron chi connectivity index (χ1n) is 6.86. The average molecular weight is 253 g/mol. The summed E-state index contributed by atoms with van der Waals surface area (Å²) in [4.78, 5) is 23.0. The second kappa shape index (κ2) is 4.56. The van der Waals surface area contributed by atoms with Crippen molar-refractivity contribution in [1.82, 2.24) is 5.32 Å². The van der Waals surface area contributed by atoms with Crippen molar-refractivity contribution in [3.05, 3.63) is 0 Å². The molecule has 0 heterocycles. The zero-order chi connectivity index (χ0) is 13.5. The largest absolute Gasteiger partial charge is 0.481 e. The molecule has 18 heavy (non-hydrogen) atoms. The van der Waals surface area contributed by atoms with Gasteiger partial charge in [0, 0.05) is 6.54 Å². The number of amides is 1. The molecule has 2 aliphatic rings. The molecule has 2 unspecified atom stereocenters. The van der Waals surface area contributed by atoms with Crippen LogP contribution >= 0.6 is 0 Å². The van der Waals surface area contributed by atoms with E-state index in [0.29, 0.717) is 18.4 Å². The molecule has 2 fully saturated rings. The molecule has 4 nitrogen and oxygen atoms in total. The highest BCUT2D eigenvalue weighted by molar-refractivity contribution is 5.91. The van der Waals surface area contributed by atoms with Crippen molar-refractivity contribution in [3.63, 3.8) is 0 Å². The Bertz CT molecular complexity index is 364. The maximum Gasteiger partial charge on any atom is 0.307 e. The molecule has 0 bridgehead atoms. The smallest absolute Gasteiger partial charge is 0.307 e. The van der Waals surface area contributed by atoms with E-state index < -0.39 is 17.3 Å². The summed E-state index contributed by atoms with van der Waals surface area (Å²) < 4.78 is 0. The minimum Gasteiger partial charge on any atom is -0.481 e. The van der Waals surface area contributed by atoms with Crippen LogP contribution in [0.1, 0.15) is 40.0 Å². The predicted molar refractivity (Wildman–Crippen MR) is 67.9 cm³/mol. The van der Waals surface area contributed by atoms with Crippen LogP contribution in [0.5, 0.6) is 0 Å². The van der Waals surface area contributed by atoms with E-state index in [2.05, 4.69) is 12.2 Å². The minimum absolute atomic E-state index is 0.0773. The highest BCUT2D eigenvalue weighted by Crippen LogP contribution is 2.58. The van der Waals surface area contributed by atoms with Gasteiger partial charge in [-0.05, 0) is 23.7 Å². The van der Waals surface area contributed by atoms with Crippen molar-refractivity contribution >= 4 is 11.9 Å². The van der Waals surface area contributed by atoms with Crippen molar-refractivity contribution in [2.45, 2.75) is 40.0 Å². The maximum atomic E-state index is 12.0. The van der Waals surface area contributed by atoms with Crippen LogP contribution in [0.3, 0.4) is 0 Å². The first kappa shape index (κ1) is 13.4. The van der Waals surface area contributed by atoms with E-state index in [1.165, 1.54) is 19.3 Å². The minimum atomic E-state index is -0.852. The third-order valence-corrected chi connectivity index (χ3v) is 4.95. The van der Waals surface area contributed by atoms with Crippen LogP contribution in [0.25, 0.3) is 0 Å². The lowest BCUT2D eigenvalue weighted by Crippen LogP contribution is -2.32. The molecule has 102 valence electrons. The molecule has 0 radical (unpaired) electrons. The Balaban J connectivity index is 1.84. The fourth-order valence-electron chi connectivity index (χ4n) is 3.46. The molecule has 0 aliphatic heterocycles. The Morgan fingerprint density at radius 1 is 1.28 bits per heavy atom. The number of aliphatic carboxylic acids is 1. The highest BCUT2D eigenvalue weighted by Gasteiger charge is 2.65. The summed E-state index contributed by atoms with van der Waals surface area (Å²) in [6, 6.07) is 0. The van der Waals surface area contributed by atoms with Gasteiger partial charge in [-0.3, -0.25) is 9.59 Å². The molecule has 4 atom stereocenters. The summed E-state index contributed by atoms with van der Waals surface area (Å²) in [5.74, 6) is -0.557. The Labute approximate surface area is 108 Å². The van der Waals surface area contributed by atoms with E-state index in [-0.39, 0.29) is 11.8 Å². The molecule has 0 aromatic carbocycles. The molecule has 4 heteroatoms. The molecular formula is C14H23NO3. The summed E-state index contributed by atoms with van der Waals surface area (Å²) in [5, 5.41) is 12.0. The van der Waals surface area contributed by atoms with Gasteiger partial charge in [0.25, 0.3) is 0 Å². The number of rotatable bonds is 4. The van der Waals surface area contributed by atoms with Gasteiger partial charge >= 0.3 is 5.97 Å². The molecule has 2 N–H and O–H groups in total. The lowest BCUT2D eigenvalue weighted by atomic mass is 9.98. The van der Waals surface area contributed by atoms with Gasteiger partial charge in [0.05, 0.1) is 11.8 Å². The van der Waals surface area contributed by atoms with Gasteiger partial charge in [0.2, 0.25) is 5.91 Å². The monoisotopic (exact) mass is 253 g/mol. The molecule has 1 amide bonds.